The third kappa shape index (κ3) is 3.54. The van der Waals surface area contributed by atoms with Crippen molar-refractivity contribution in [1.82, 2.24) is 0 Å². The molecule has 1 saturated heterocycles. The van der Waals surface area contributed by atoms with Crippen LogP contribution in [-0.2, 0) is 9.53 Å². The molecule has 0 bridgehead atoms. The first-order valence-corrected chi connectivity index (χ1v) is 8.66. The summed E-state index contributed by atoms with van der Waals surface area (Å²) in [5.41, 5.74) is 2.09. The van der Waals surface area contributed by atoms with E-state index >= 15 is 0 Å². The monoisotopic (exact) mass is 340 g/mol. The van der Waals surface area contributed by atoms with Gasteiger partial charge >= 0.3 is 5.97 Å². The number of hydrogen-bond donors (Lipinski definition) is 1. The van der Waals surface area contributed by atoms with Crippen LogP contribution in [0.2, 0.25) is 0 Å². The van der Waals surface area contributed by atoms with Crippen molar-refractivity contribution in [1.29, 1.82) is 0 Å². The van der Waals surface area contributed by atoms with Gasteiger partial charge in [-0.1, -0.05) is 49.4 Å². The van der Waals surface area contributed by atoms with Gasteiger partial charge in [0.25, 0.3) is 0 Å². The van der Waals surface area contributed by atoms with E-state index in [1.165, 1.54) is 0 Å². The van der Waals surface area contributed by atoms with Gasteiger partial charge in [0.2, 0.25) is 0 Å². The molecule has 0 spiro atoms. The number of cyclic esters (lactones) is 1. The van der Waals surface area contributed by atoms with Crippen LogP contribution in [0.4, 0.5) is 0 Å². The Morgan fingerprint density at radius 2 is 1.80 bits per heavy atom. The zero-order valence-electron chi connectivity index (χ0n) is 14.6. The molecule has 0 aromatic heterocycles. The van der Waals surface area contributed by atoms with E-state index in [0.717, 1.165) is 16.9 Å². The van der Waals surface area contributed by atoms with Crippen molar-refractivity contribution in [3.63, 3.8) is 0 Å². The lowest BCUT2D eigenvalue weighted by Gasteiger charge is -2.29. The molecule has 1 fully saturated rings. The van der Waals surface area contributed by atoms with Crippen molar-refractivity contribution < 1.29 is 19.4 Å². The Kier molecular flexibility index (Phi) is 5.39. The summed E-state index contributed by atoms with van der Waals surface area (Å²) in [7, 11) is 1.63. The molecule has 0 unspecified atom stereocenters. The lowest BCUT2D eigenvalue weighted by Crippen LogP contribution is -2.23. The van der Waals surface area contributed by atoms with Gasteiger partial charge in [-0.25, -0.2) is 0 Å². The molecule has 0 aliphatic carbocycles. The Bertz CT molecular complexity index is 696. The molecular formula is C21H24O4. The van der Waals surface area contributed by atoms with E-state index in [1.54, 1.807) is 7.11 Å². The first-order valence-electron chi connectivity index (χ1n) is 8.66. The van der Waals surface area contributed by atoms with Gasteiger partial charge in [0.05, 0.1) is 13.0 Å². The zero-order valence-corrected chi connectivity index (χ0v) is 14.6. The van der Waals surface area contributed by atoms with E-state index in [1.807, 2.05) is 49.4 Å². The summed E-state index contributed by atoms with van der Waals surface area (Å²) in [5, 5.41) is 9.59. The predicted molar refractivity (Wildman–Crippen MR) is 95.4 cm³/mol. The van der Waals surface area contributed by atoms with E-state index in [4.69, 9.17) is 9.47 Å². The van der Waals surface area contributed by atoms with Crippen LogP contribution in [0.3, 0.4) is 0 Å². The second-order valence-electron chi connectivity index (χ2n) is 6.53. The normalized spacial score (nSPS) is 24.0. The highest BCUT2D eigenvalue weighted by molar-refractivity contribution is 5.75. The number of carbonyl (C=O) groups is 1. The molecule has 4 heteroatoms. The number of methoxy groups -OCH3 is 1. The van der Waals surface area contributed by atoms with Gasteiger partial charge in [-0.05, 0) is 35.6 Å². The number of rotatable bonds is 6. The Labute approximate surface area is 148 Å². The van der Waals surface area contributed by atoms with Crippen molar-refractivity contribution in [3.8, 4) is 5.75 Å². The standard InChI is InChI=1S/C21H24O4/c1-14-19(18(12-13-22)15-6-4-3-5-7-15)20(25-21(14)23)16-8-10-17(24-2)11-9-16/h3-11,14,18-20,22H,12-13H2,1-2H3/t14-,18+,19+,20+/m1/s1. The molecule has 4 atom stereocenters. The SMILES string of the molecule is COc1ccc([C@@H]2OC(=O)[C@H](C)[C@H]2[C@@H](CCO)c2ccccc2)cc1. The molecule has 132 valence electrons. The van der Waals surface area contributed by atoms with Crippen molar-refractivity contribution in [2.75, 3.05) is 13.7 Å². The summed E-state index contributed by atoms with van der Waals surface area (Å²) in [6, 6.07) is 17.7. The largest absolute Gasteiger partial charge is 0.497 e. The Morgan fingerprint density at radius 3 is 2.40 bits per heavy atom. The number of ether oxygens (including phenoxy) is 2. The number of hydrogen-bond acceptors (Lipinski definition) is 4. The summed E-state index contributed by atoms with van der Waals surface area (Å²) in [4.78, 5) is 12.3. The summed E-state index contributed by atoms with van der Waals surface area (Å²) < 4.78 is 10.9. The Hall–Kier alpha value is -2.33. The van der Waals surface area contributed by atoms with E-state index in [9.17, 15) is 9.90 Å². The number of carbonyl (C=O) groups excluding carboxylic acids is 1. The number of aliphatic hydroxyl groups is 1. The molecule has 1 heterocycles. The first kappa shape index (κ1) is 17.5. The second kappa shape index (κ2) is 7.70. The molecule has 3 rings (SSSR count). The summed E-state index contributed by atoms with van der Waals surface area (Å²) in [6.45, 7) is 2.00. The molecule has 0 amide bonds. The van der Waals surface area contributed by atoms with Crippen molar-refractivity contribution in [2.24, 2.45) is 11.8 Å². The van der Waals surface area contributed by atoms with Crippen LogP contribution >= 0.6 is 0 Å². The van der Waals surface area contributed by atoms with Gasteiger partial charge in [0, 0.05) is 12.5 Å². The predicted octanol–water partition coefficient (Wildman–Crippen LogP) is 3.71. The van der Waals surface area contributed by atoms with E-state index in [-0.39, 0.29) is 36.4 Å². The van der Waals surface area contributed by atoms with Crippen LogP contribution in [0.15, 0.2) is 54.6 Å². The summed E-state index contributed by atoms with van der Waals surface area (Å²) in [6.07, 6.45) is 0.285. The minimum absolute atomic E-state index is 0.0181. The van der Waals surface area contributed by atoms with E-state index < -0.39 is 0 Å². The fourth-order valence-corrected chi connectivity index (χ4v) is 3.79. The third-order valence-corrected chi connectivity index (χ3v) is 5.12. The summed E-state index contributed by atoms with van der Waals surface area (Å²) in [5.74, 6) is 0.413. The average Bonchev–Trinajstić information content (AvgIpc) is 2.95. The van der Waals surface area contributed by atoms with Crippen LogP contribution in [-0.4, -0.2) is 24.8 Å². The number of esters is 1. The minimum Gasteiger partial charge on any atom is -0.497 e. The molecule has 4 nitrogen and oxygen atoms in total. The molecule has 2 aromatic rings. The highest BCUT2D eigenvalue weighted by Gasteiger charge is 2.46. The highest BCUT2D eigenvalue weighted by atomic mass is 16.6. The van der Waals surface area contributed by atoms with Crippen molar-refractivity contribution >= 4 is 5.97 Å². The fraction of sp³-hybridized carbons (Fsp3) is 0.381. The van der Waals surface area contributed by atoms with Crippen LogP contribution in [0.25, 0.3) is 0 Å². The minimum atomic E-state index is -0.315. The van der Waals surface area contributed by atoms with E-state index in [2.05, 4.69) is 12.1 Å². The van der Waals surface area contributed by atoms with Gasteiger partial charge in [-0.15, -0.1) is 0 Å². The molecule has 1 aliphatic rings. The van der Waals surface area contributed by atoms with Crippen LogP contribution in [0.1, 0.15) is 36.5 Å². The Balaban J connectivity index is 1.97. The molecule has 1 N–H and O–H groups in total. The average molecular weight is 340 g/mol. The lowest BCUT2D eigenvalue weighted by atomic mass is 9.74. The van der Waals surface area contributed by atoms with Crippen molar-refractivity contribution in [2.45, 2.75) is 25.4 Å². The topological polar surface area (TPSA) is 55.8 Å². The maximum Gasteiger partial charge on any atom is 0.309 e. The molecule has 0 radical (unpaired) electrons. The second-order valence-corrected chi connectivity index (χ2v) is 6.53. The fourth-order valence-electron chi connectivity index (χ4n) is 3.79. The molecule has 2 aromatic carbocycles. The maximum absolute atomic E-state index is 12.3. The van der Waals surface area contributed by atoms with Crippen LogP contribution < -0.4 is 4.74 Å². The molecule has 0 saturated carbocycles. The van der Waals surface area contributed by atoms with Gasteiger partial charge < -0.3 is 14.6 Å². The summed E-state index contributed by atoms with van der Waals surface area (Å²) >= 11 is 0. The van der Waals surface area contributed by atoms with Gasteiger partial charge in [-0.3, -0.25) is 4.79 Å². The third-order valence-electron chi connectivity index (χ3n) is 5.12. The number of benzene rings is 2. The maximum atomic E-state index is 12.3. The van der Waals surface area contributed by atoms with Crippen LogP contribution in [0, 0.1) is 11.8 Å². The molecule has 1 aliphatic heterocycles. The van der Waals surface area contributed by atoms with Gasteiger partial charge in [0.1, 0.15) is 11.9 Å². The zero-order chi connectivity index (χ0) is 17.8. The van der Waals surface area contributed by atoms with Gasteiger partial charge in [-0.2, -0.15) is 0 Å². The molecule has 25 heavy (non-hydrogen) atoms. The van der Waals surface area contributed by atoms with E-state index in [0.29, 0.717) is 6.42 Å². The van der Waals surface area contributed by atoms with Gasteiger partial charge in [0.15, 0.2) is 0 Å². The Morgan fingerprint density at radius 1 is 1.12 bits per heavy atom. The van der Waals surface area contributed by atoms with Crippen LogP contribution in [0.5, 0.6) is 5.75 Å². The number of aliphatic hydroxyl groups excluding tert-OH is 1. The van der Waals surface area contributed by atoms with Crippen molar-refractivity contribution in [3.05, 3.63) is 65.7 Å². The smallest absolute Gasteiger partial charge is 0.309 e. The highest BCUT2D eigenvalue weighted by Crippen LogP contribution is 2.48. The first-order chi connectivity index (χ1) is 12.2. The quantitative estimate of drug-likeness (QED) is 0.815. The lowest BCUT2D eigenvalue weighted by molar-refractivity contribution is -0.144. The molecular weight excluding hydrogens is 316 g/mol.